The molecule has 2 aliphatic heterocycles. The number of nitrogens with zero attached hydrogens (tertiary/aromatic N) is 3. The molecule has 1 amide bonds. The minimum Gasteiger partial charge on any atom is -0.497 e. The van der Waals surface area contributed by atoms with Crippen LogP contribution < -0.4 is 4.74 Å². The van der Waals surface area contributed by atoms with Crippen molar-refractivity contribution in [2.75, 3.05) is 26.8 Å². The highest BCUT2D eigenvalue weighted by Crippen LogP contribution is 2.35. The smallest absolute Gasteiger partial charge is 0.323 e. The lowest BCUT2D eigenvalue weighted by atomic mass is 9.97. The first-order valence-electron chi connectivity index (χ1n) is 11.7. The molecular weight excluding hydrogens is 437 g/mol. The Labute approximate surface area is 199 Å². The number of benzene rings is 2. The second kappa shape index (κ2) is 10.8. The maximum Gasteiger partial charge on any atom is 0.323 e. The molecule has 0 aliphatic carbocycles. The quantitative estimate of drug-likeness (QED) is 0.577. The van der Waals surface area contributed by atoms with Crippen molar-refractivity contribution < 1.29 is 23.5 Å². The third-order valence-corrected chi connectivity index (χ3v) is 6.36. The maximum absolute atomic E-state index is 14.7. The molecular formula is C26H30FN3O4. The predicted octanol–water partition coefficient (Wildman–Crippen LogP) is 3.93. The molecule has 0 aromatic heterocycles. The van der Waals surface area contributed by atoms with E-state index in [0.29, 0.717) is 37.3 Å². The van der Waals surface area contributed by atoms with Crippen molar-refractivity contribution >= 4 is 17.6 Å². The SMILES string of the molecule is CCOC(=O)[C@@H]1CCCCN1CC(=O)N1N=C(c2ccc(OC)cc2)C[C@H]1c1ccccc1F. The summed E-state index contributed by atoms with van der Waals surface area (Å²) in [7, 11) is 1.60. The molecule has 7 nitrogen and oxygen atoms in total. The van der Waals surface area contributed by atoms with Crippen LogP contribution in [-0.4, -0.2) is 60.3 Å². The maximum atomic E-state index is 14.7. The number of carbonyl (C=O) groups is 2. The van der Waals surface area contributed by atoms with Gasteiger partial charge in [-0.15, -0.1) is 0 Å². The van der Waals surface area contributed by atoms with E-state index in [1.807, 2.05) is 29.2 Å². The van der Waals surface area contributed by atoms with Gasteiger partial charge in [0.1, 0.15) is 17.6 Å². The number of likely N-dealkylation sites (tertiary alicyclic amines) is 1. The zero-order valence-corrected chi connectivity index (χ0v) is 19.6. The number of piperidine rings is 1. The van der Waals surface area contributed by atoms with Crippen LogP contribution in [0.4, 0.5) is 4.39 Å². The fraction of sp³-hybridized carbons (Fsp3) is 0.423. The van der Waals surface area contributed by atoms with Gasteiger partial charge in [-0.05, 0) is 62.2 Å². The number of rotatable bonds is 7. The average Bonchev–Trinajstić information content (AvgIpc) is 3.30. The van der Waals surface area contributed by atoms with Crippen LogP contribution in [0.3, 0.4) is 0 Å². The summed E-state index contributed by atoms with van der Waals surface area (Å²) >= 11 is 0. The molecule has 0 unspecified atom stereocenters. The number of carbonyl (C=O) groups excluding carboxylic acids is 2. The number of ether oxygens (including phenoxy) is 2. The fourth-order valence-electron chi connectivity index (χ4n) is 4.62. The first kappa shape index (κ1) is 23.9. The summed E-state index contributed by atoms with van der Waals surface area (Å²) in [5.74, 6) is -0.229. The second-order valence-electron chi connectivity index (χ2n) is 8.49. The Morgan fingerprint density at radius 1 is 1.12 bits per heavy atom. The van der Waals surface area contributed by atoms with Crippen LogP contribution in [0.5, 0.6) is 5.75 Å². The van der Waals surface area contributed by atoms with Crippen molar-refractivity contribution in [1.29, 1.82) is 0 Å². The summed E-state index contributed by atoms with van der Waals surface area (Å²) in [4.78, 5) is 27.8. The summed E-state index contributed by atoms with van der Waals surface area (Å²) in [6.07, 6.45) is 2.86. The standard InChI is InChI=1S/C26H30FN3O4/c1-3-34-26(32)23-10-6-7-15-29(23)17-25(31)30-24(20-8-4-5-9-21(20)27)16-22(28-30)18-11-13-19(33-2)14-12-18/h4-5,8-9,11-14,23-24H,3,6-7,10,15-17H2,1-2H3/t23-,24-/m0/s1. The van der Waals surface area contributed by atoms with E-state index in [1.165, 1.54) is 11.1 Å². The summed E-state index contributed by atoms with van der Waals surface area (Å²) in [5.41, 5.74) is 1.97. The molecule has 2 aromatic rings. The lowest BCUT2D eigenvalue weighted by Gasteiger charge is -2.34. The molecule has 0 radical (unpaired) electrons. The molecule has 2 aromatic carbocycles. The number of esters is 1. The number of hydrazone groups is 1. The van der Waals surface area contributed by atoms with E-state index in [9.17, 15) is 14.0 Å². The normalized spacial score (nSPS) is 20.7. The highest BCUT2D eigenvalue weighted by Gasteiger charge is 2.37. The lowest BCUT2D eigenvalue weighted by molar-refractivity contribution is -0.152. The highest BCUT2D eigenvalue weighted by atomic mass is 19.1. The number of hydrogen-bond acceptors (Lipinski definition) is 6. The minimum absolute atomic E-state index is 0.0217. The van der Waals surface area contributed by atoms with Gasteiger partial charge in [0.15, 0.2) is 0 Å². The Morgan fingerprint density at radius 2 is 1.88 bits per heavy atom. The zero-order valence-electron chi connectivity index (χ0n) is 19.6. The molecule has 1 saturated heterocycles. The topological polar surface area (TPSA) is 71.4 Å². The Kier molecular flexibility index (Phi) is 7.57. The van der Waals surface area contributed by atoms with E-state index in [4.69, 9.17) is 9.47 Å². The van der Waals surface area contributed by atoms with Gasteiger partial charge < -0.3 is 9.47 Å². The van der Waals surface area contributed by atoms with Crippen LogP contribution in [0.25, 0.3) is 0 Å². The summed E-state index contributed by atoms with van der Waals surface area (Å²) in [6, 6.07) is 12.9. The van der Waals surface area contributed by atoms with E-state index in [-0.39, 0.29) is 24.2 Å². The first-order valence-corrected chi connectivity index (χ1v) is 11.7. The van der Waals surface area contributed by atoms with E-state index in [0.717, 1.165) is 24.2 Å². The molecule has 180 valence electrons. The van der Waals surface area contributed by atoms with Crippen molar-refractivity contribution in [3.05, 3.63) is 65.5 Å². The van der Waals surface area contributed by atoms with Gasteiger partial charge in [-0.1, -0.05) is 24.6 Å². The molecule has 0 spiro atoms. The Hall–Kier alpha value is -3.26. The molecule has 0 N–H and O–H groups in total. The molecule has 4 rings (SSSR count). The van der Waals surface area contributed by atoms with Crippen molar-refractivity contribution in [3.8, 4) is 5.75 Å². The third-order valence-electron chi connectivity index (χ3n) is 6.36. The second-order valence-corrected chi connectivity index (χ2v) is 8.49. The van der Waals surface area contributed by atoms with Crippen molar-refractivity contribution in [2.24, 2.45) is 5.10 Å². The van der Waals surface area contributed by atoms with Crippen LogP contribution in [0.2, 0.25) is 0 Å². The third kappa shape index (κ3) is 5.12. The van der Waals surface area contributed by atoms with Crippen molar-refractivity contribution in [3.63, 3.8) is 0 Å². The van der Waals surface area contributed by atoms with Gasteiger partial charge in [-0.3, -0.25) is 14.5 Å². The van der Waals surface area contributed by atoms with Gasteiger partial charge in [-0.25, -0.2) is 9.40 Å². The molecule has 0 bridgehead atoms. The molecule has 2 atom stereocenters. The first-order chi connectivity index (χ1) is 16.5. The van der Waals surface area contributed by atoms with E-state index in [2.05, 4.69) is 5.10 Å². The Balaban J connectivity index is 1.60. The van der Waals surface area contributed by atoms with Crippen LogP contribution in [-0.2, 0) is 14.3 Å². The number of halogens is 1. The molecule has 1 fully saturated rings. The van der Waals surface area contributed by atoms with Crippen LogP contribution in [0.15, 0.2) is 53.6 Å². The summed E-state index contributed by atoms with van der Waals surface area (Å²) < 4.78 is 25.2. The van der Waals surface area contributed by atoms with Gasteiger partial charge in [0, 0.05) is 12.0 Å². The zero-order chi connectivity index (χ0) is 24.1. The van der Waals surface area contributed by atoms with Crippen LogP contribution in [0, 0.1) is 5.82 Å². The van der Waals surface area contributed by atoms with Crippen molar-refractivity contribution in [1.82, 2.24) is 9.91 Å². The molecule has 34 heavy (non-hydrogen) atoms. The summed E-state index contributed by atoms with van der Waals surface area (Å²) in [6.45, 7) is 2.72. The van der Waals surface area contributed by atoms with Crippen LogP contribution >= 0.6 is 0 Å². The van der Waals surface area contributed by atoms with Gasteiger partial charge in [0.25, 0.3) is 5.91 Å². The fourth-order valence-corrected chi connectivity index (χ4v) is 4.62. The van der Waals surface area contributed by atoms with E-state index < -0.39 is 12.1 Å². The van der Waals surface area contributed by atoms with Gasteiger partial charge in [0.2, 0.25) is 0 Å². The lowest BCUT2D eigenvalue weighted by Crippen LogP contribution is -2.49. The average molecular weight is 468 g/mol. The monoisotopic (exact) mass is 467 g/mol. The Bertz CT molecular complexity index is 1060. The summed E-state index contributed by atoms with van der Waals surface area (Å²) in [5, 5.41) is 6.02. The number of amides is 1. The van der Waals surface area contributed by atoms with Gasteiger partial charge in [0.05, 0.1) is 32.0 Å². The van der Waals surface area contributed by atoms with E-state index in [1.54, 1.807) is 32.2 Å². The van der Waals surface area contributed by atoms with Crippen LogP contribution in [0.1, 0.15) is 49.8 Å². The predicted molar refractivity (Wildman–Crippen MR) is 126 cm³/mol. The highest BCUT2D eigenvalue weighted by molar-refractivity contribution is 6.03. The number of methoxy groups -OCH3 is 1. The molecule has 2 heterocycles. The van der Waals surface area contributed by atoms with E-state index >= 15 is 0 Å². The largest absolute Gasteiger partial charge is 0.497 e. The van der Waals surface area contributed by atoms with Gasteiger partial charge >= 0.3 is 5.97 Å². The Morgan fingerprint density at radius 3 is 2.59 bits per heavy atom. The molecule has 0 saturated carbocycles. The van der Waals surface area contributed by atoms with Crippen molar-refractivity contribution in [2.45, 2.75) is 44.7 Å². The molecule has 8 heteroatoms. The minimum atomic E-state index is -0.559. The van der Waals surface area contributed by atoms with Gasteiger partial charge in [-0.2, -0.15) is 5.10 Å². The molecule has 2 aliphatic rings. The number of hydrogen-bond donors (Lipinski definition) is 0.